The number of hydrogen-bond donors (Lipinski definition) is 1. The van der Waals surface area contributed by atoms with Gasteiger partial charge >= 0.3 is 0 Å². The van der Waals surface area contributed by atoms with Gasteiger partial charge in [-0.2, -0.15) is 0 Å². The Bertz CT molecular complexity index is 603. The average molecular weight is 290 g/mol. The molecule has 2 atom stereocenters. The van der Waals surface area contributed by atoms with Gasteiger partial charge in [-0.05, 0) is 36.5 Å². The SMILES string of the molecule is OC(CC1CCOc2ccccc21)c1ccncc1Cl. The summed E-state index contributed by atoms with van der Waals surface area (Å²) in [5.74, 6) is 1.22. The lowest BCUT2D eigenvalue weighted by Gasteiger charge is -2.27. The van der Waals surface area contributed by atoms with Crippen LogP contribution in [0.3, 0.4) is 0 Å². The normalized spacial score (nSPS) is 19.0. The molecule has 2 aromatic rings. The largest absolute Gasteiger partial charge is 0.493 e. The first-order valence-corrected chi connectivity index (χ1v) is 7.12. The number of pyridine rings is 1. The number of aromatic nitrogens is 1. The molecule has 0 aliphatic carbocycles. The molecule has 2 heterocycles. The van der Waals surface area contributed by atoms with Crippen molar-refractivity contribution in [3.63, 3.8) is 0 Å². The third-order valence-corrected chi connectivity index (χ3v) is 4.07. The Balaban J connectivity index is 1.81. The Kier molecular flexibility index (Phi) is 3.90. The van der Waals surface area contributed by atoms with Gasteiger partial charge < -0.3 is 9.84 Å². The molecule has 0 saturated carbocycles. The van der Waals surface area contributed by atoms with Crippen LogP contribution in [0, 0.1) is 0 Å². The molecule has 1 aliphatic rings. The van der Waals surface area contributed by atoms with Gasteiger partial charge in [0.1, 0.15) is 5.75 Å². The van der Waals surface area contributed by atoms with Crippen LogP contribution in [0.1, 0.15) is 36.0 Å². The van der Waals surface area contributed by atoms with Gasteiger partial charge in [0.25, 0.3) is 0 Å². The van der Waals surface area contributed by atoms with E-state index >= 15 is 0 Å². The van der Waals surface area contributed by atoms with Crippen LogP contribution in [0.15, 0.2) is 42.7 Å². The van der Waals surface area contributed by atoms with E-state index in [2.05, 4.69) is 11.1 Å². The van der Waals surface area contributed by atoms with E-state index in [9.17, 15) is 5.11 Å². The van der Waals surface area contributed by atoms with Gasteiger partial charge in [-0.3, -0.25) is 4.98 Å². The summed E-state index contributed by atoms with van der Waals surface area (Å²) in [6, 6.07) is 9.80. The molecule has 3 nitrogen and oxygen atoms in total. The van der Waals surface area contributed by atoms with E-state index in [1.807, 2.05) is 18.2 Å². The van der Waals surface area contributed by atoms with E-state index in [4.69, 9.17) is 16.3 Å². The summed E-state index contributed by atoms with van der Waals surface area (Å²) in [6.07, 6.45) is 4.20. The minimum absolute atomic E-state index is 0.291. The van der Waals surface area contributed by atoms with Gasteiger partial charge in [0.2, 0.25) is 0 Å². The summed E-state index contributed by atoms with van der Waals surface area (Å²) in [7, 11) is 0. The Morgan fingerprint density at radius 2 is 2.20 bits per heavy atom. The lowest BCUT2D eigenvalue weighted by Crippen LogP contribution is -2.16. The monoisotopic (exact) mass is 289 g/mol. The molecule has 0 amide bonds. The maximum atomic E-state index is 10.4. The van der Waals surface area contributed by atoms with Crippen molar-refractivity contribution in [3.05, 3.63) is 58.9 Å². The minimum Gasteiger partial charge on any atom is -0.493 e. The molecule has 1 aromatic carbocycles. The van der Waals surface area contributed by atoms with Gasteiger partial charge in [0.15, 0.2) is 0 Å². The Morgan fingerprint density at radius 3 is 3.05 bits per heavy atom. The standard InChI is InChI=1S/C16H16ClNO2/c17-14-10-18-7-5-13(14)15(19)9-11-6-8-20-16-4-2-1-3-12(11)16/h1-5,7,10-11,15,19H,6,8-9H2. The van der Waals surface area contributed by atoms with Crippen LogP contribution in [-0.2, 0) is 0 Å². The first-order chi connectivity index (χ1) is 9.75. The first kappa shape index (κ1) is 13.4. The Morgan fingerprint density at radius 1 is 1.35 bits per heavy atom. The van der Waals surface area contributed by atoms with Crippen molar-refractivity contribution in [2.75, 3.05) is 6.61 Å². The Labute approximate surface area is 123 Å². The fraction of sp³-hybridized carbons (Fsp3) is 0.312. The van der Waals surface area contributed by atoms with Gasteiger partial charge in [0, 0.05) is 18.0 Å². The highest BCUT2D eigenvalue weighted by Crippen LogP contribution is 2.39. The second-order valence-electron chi connectivity index (χ2n) is 5.02. The van der Waals surface area contributed by atoms with E-state index in [0.29, 0.717) is 24.0 Å². The zero-order chi connectivity index (χ0) is 13.9. The second-order valence-corrected chi connectivity index (χ2v) is 5.43. The zero-order valence-electron chi connectivity index (χ0n) is 11.0. The van der Waals surface area contributed by atoms with Crippen molar-refractivity contribution in [2.45, 2.75) is 24.9 Å². The number of aliphatic hydroxyl groups excluding tert-OH is 1. The molecular weight excluding hydrogens is 274 g/mol. The highest BCUT2D eigenvalue weighted by atomic mass is 35.5. The lowest BCUT2D eigenvalue weighted by atomic mass is 9.87. The van der Waals surface area contributed by atoms with Gasteiger partial charge in [-0.25, -0.2) is 0 Å². The number of nitrogens with zero attached hydrogens (tertiary/aromatic N) is 1. The summed E-state index contributed by atoms with van der Waals surface area (Å²) < 4.78 is 5.65. The molecule has 2 unspecified atom stereocenters. The third-order valence-electron chi connectivity index (χ3n) is 3.75. The topological polar surface area (TPSA) is 42.4 Å². The average Bonchev–Trinajstić information content (AvgIpc) is 2.48. The fourth-order valence-corrected chi connectivity index (χ4v) is 2.96. The highest BCUT2D eigenvalue weighted by molar-refractivity contribution is 6.31. The summed E-state index contributed by atoms with van der Waals surface area (Å²) in [5.41, 5.74) is 1.91. The summed E-state index contributed by atoms with van der Waals surface area (Å²) in [5, 5.41) is 10.9. The molecule has 104 valence electrons. The molecule has 1 aliphatic heterocycles. The maximum absolute atomic E-state index is 10.4. The number of rotatable bonds is 3. The maximum Gasteiger partial charge on any atom is 0.122 e. The molecule has 20 heavy (non-hydrogen) atoms. The summed E-state index contributed by atoms with van der Waals surface area (Å²) >= 11 is 6.09. The van der Waals surface area contributed by atoms with Crippen LogP contribution in [-0.4, -0.2) is 16.7 Å². The van der Waals surface area contributed by atoms with Crippen LogP contribution in [0.5, 0.6) is 5.75 Å². The summed E-state index contributed by atoms with van der Waals surface area (Å²) in [4.78, 5) is 3.95. The second kappa shape index (κ2) is 5.81. The quantitative estimate of drug-likeness (QED) is 0.936. The molecule has 1 N–H and O–H groups in total. The zero-order valence-corrected chi connectivity index (χ0v) is 11.8. The number of benzene rings is 1. The number of halogens is 1. The lowest BCUT2D eigenvalue weighted by molar-refractivity contribution is 0.145. The number of hydrogen-bond acceptors (Lipinski definition) is 3. The van der Waals surface area contributed by atoms with Crippen molar-refractivity contribution in [1.29, 1.82) is 0 Å². The third kappa shape index (κ3) is 2.65. The molecule has 0 bridgehead atoms. The first-order valence-electron chi connectivity index (χ1n) is 6.75. The molecule has 0 saturated heterocycles. The Hall–Kier alpha value is -1.58. The summed E-state index contributed by atoms with van der Waals surface area (Å²) in [6.45, 7) is 0.693. The predicted octanol–water partition coefficient (Wildman–Crippen LogP) is 3.72. The number of ether oxygens (including phenoxy) is 1. The van der Waals surface area contributed by atoms with E-state index in [0.717, 1.165) is 17.7 Å². The van der Waals surface area contributed by atoms with Crippen molar-refractivity contribution < 1.29 is 9.84 Å². The molecule has 0 spiro atoms. The molecule has 1 aromatic heterocycles. The van der Waals surface area contributed by atoms with Crippen molar-refractivity contribution in [1.82, 2.24) is 4.98 Å². The molecular formula is C16H16ClNO2. The van der Waals surface area contributed by atoms with Crippen molar-refractivity contribution in [3.8, 4) is 5.75 Å². The smallest absolute Gasteiger partial charge is 0.122 e. The van der Waals surface area contributed by atoms with Crippen LogP contribution in [0.4, 0.5) is 0 Å². The van der Waals surface area contributed by atoms with Crippen LogP contribution in [0.25, 0.3) is 0 Å². The minimum atomic E-state index is -0.582. The van der Waals surface area contributed by atoms with E-state index < -0.39 is 6.10 Å². The number of para-hydroxylation sites is 1. The van der Waals surface area contributed by atoms with Crippen LogP contribution in [0.2, 0.25) is 5.02 Å². The number of fused-ring (bicyclic) bond motifs is 1. The van der Waals surface area contributed by atoms with E-state index in [1.165, 1.54) is 5.56 Å². The molecule has 0 fully saturated rings. The van der Waals surface area contributed by atoms with E-state index in [-0.39, 0.29) is 0 Å². The van der Waals surface area contributed by atoms with E-state index in [1.54, 1.807) is 18.5 Å². The predicted molar refractivity (Wildman–Crippen MR) is 78.1 cm³/mol. The number of aliphatic hydroxyl groups is 1. The van der Waals surface area contributed by atoms with Crippen molar-refractivity contribution in [2.24, 2.45) is 0 Å². The molecule has 4 heteroatoms. The van der Waals surface area contributed by atoms with Crippen LogP contribution < -0.4 is 4.74 Å². The molecule has 3 rings (SSSR count). The molecule has 0 radical (unpaired) electrons. The van der Waals surface area contributed by atoms with Crippen molar-refractivity contribution >= 4 is 11.6 Å². The highest BCUT2D eigenvalue weighted by Gasteiger charge is 2.24. The fourth-order valence-electron chi connectivity index (χ4n) is 2.71. The van der Waals surface area contributed by atoms with Gasteiger partial charge in [-0.1, -0.05) is 29.8 Å². The van der Waals surface area contributed by atoms with Gasteiger partial charge in [-0.15, -0.1) is 0 Å². The van der Waals surface area contributed by atoms with Crippen LogP contribution >= 0.6 is 11.6 Å². The van der Waals surface area contributed by atoms with Gasteiger partial charge in [0.05, 0.1) is 17.7 Å².